The van der Waals surface area contributed by atoms with Crippen LogP contribution in [0.1, 0.15) is 29.5 Å². The Morgan fingerprint density at radius 1 is 1.07 bits per heavy atom. The van der Waals surface area contributed by atoms with Crippen LogP contribution in [0.2, 0.25) is 5.02 Å². The lowest BCUT2D eigenvalue weighted by Gasteiger charge is -2.30. The zero-order valence-corrected chi connectivity index (χ0v) is 17.6. The second kappa shape index (κ2) is 8.64. The molecule has 28 heavy (non-hydrogen) atoms. The van der Waals surface area contributed by atoms with E-state index in [2.05, 4.69) is 0 Å². The lowest BCUT2D eigenvalue weighted by Crippen LogP contribution is -2.40. The van der Waals surface area contributed by atoms with Gasteiger partial charge in [-0.2, -0.15) is 4.31 Å². The highest BCUT2D eigenvalue weighted by atomic mass is 35.5. The monoisotopic (exact) mass is 421 g/mol. The molecule has 150 valence electrons. The molecule has 0 spiro atoms. The van der Waals surface area contributed by atoms with Gasteiger partial charge in [0.05, 0.1) is 10.8 Å². The molecule has 5 nitrogen and oxygen atoms in total. The normalized spacial score (nSPS) is 16.1. The number of rotatable bonds is 5. The number of sulfonamides is 1. The molecule has 0 aliphatic carbocycles. The number of benzene rings is 2. The van der Waals surface area contributed by atoms with E-state index < -0.39 is 10.0 Å². The van der Waals surface area contributed by atoms with Crippen LogP contribution >= 0.6 is 11.6 Å². The predicted octanol–water partition coefficient (Wildman–Crippen LogP) is 4.10. The second-order valence-corrected chi connectivity index (χ2v) is 9.53. The number of carbonyl (C=O) groups excluding carboxylic acids is 1. The van der Waals surface area contributed by atoms with Crippen LogP contribution in [0.25, 0.3) is 0 Å². The van der Waals surface area contributed by atoms with Crippen LogP contribution in [0.5, 0.6) is 0 Å². The molecular formula is C21H24ClNO4S. The molecule has 1 aliphatic rings. The highest BCUT2D eigenvalue weighted by Crippen LogP contribution is 2.26. The maximum absolute atomic E-state index is 12.9. The third kappa shape index (κ3) is 4.74. The van der Waals surface area contributed by atoms with Gasteiger partial charge in [0, 0.05) is 18.1 Å². The Labute approximate surface area is 171 Å². The maximum atomic E-state index is 12.9. The van der Waals surface area contributed by atoms with E-state index in [0.29, 0.717) is 35.8 Å². The van der Waals surface area contributed by atoms with E-state index in [4.69, 9.17) is 16.3 Å². The van der Waals surface area contributed by atoms with Gasteiger partial charge in [-0.05, 0) is 67.6 Å². The summed E-state index contributed by atoms with van der Waals surface area (Å²) in [5.41, 5.74) is 2.87. The molecule has 0 radical (unpaired) electrons. The minimum absolute atomic E-state index is 0.192. The highest BCUT2D eigenvalue weighted by Gasteiger charge is 2.32. The quantitative estimate of drug-likeness (QED) is 0.682. The molecule has 0 bridgehead atoms. The molecule has 3 rings (SSSR count). The van der Waals surface area contributed by atoms with Crippen molar-refractivity contribution in [1.82, 2.24) is 4.31 Å². The van der Waals surface area contributed by atoms with Gasteiger partial charge in [0.1, 0.15) is 6.61 Å². The van der Waals surface area contributed by atoms with Crippen LogP contribution in [0, 0.1) is 19.8 Å². The molecular weight excluding hydrogens is 398 g/mol. The van der Waals surface area contributed by atoms with Crippen molar-refractivity contribution < 1.29 is 17.9 Å². The molecule has 2 aromatic rings. The highest BCUT2D eigenvalue weighted by molar-refractivity contribution is 7.89. The summed E-state index contributed by atoms with van der Waals surface area (Å²) in [6, 6.07) is 12.3. The Morgan fingerprint density at radius 3 is 2.32 bits per heavy atom. The summed E-state index contributed by atoms with van der Waals surface area (Å²) >= 11 is 5.85. The number of piperidine rings is 1. The van der Waals surface area contributed by atoms with Crippen molar-refractivity contribution in [3.63, 3.8) is 0 Å². The van der Waals surface area contributed by atoms with Crippen molar-refractivity contribution in [3.8, 4) is 0 Å². The fourth-order valence-electron chi connectivity index (χ4n) is 3.21. The fraction of sp³-hybridized carbons (Fsp3) is 0.381. The van der Waals surface area contributed by atoms with Gasteiger partial charge in [-0.25, -0.2) is 8.42 Å². The summed E-state index contributed by atoms with van der Waals surface area (Å²) in [6.07, 6.45) is 0.924. The maximum Gasteiger partial charge on any atom is 0.309 e. The average Bonchev–Trinajstić information content (AvgIpc) is 2.69. The topological polar surface area (TPSA) is 63.7 Å². The predicted molar refractivity (Wildman–Crippen MR) is 109 cm³/mol. The molecule has 1 fully saturated rings. The van der Waals surface area contributed by atoms with Crippen LogP contribution in [0.3, 0.4) is 0 Å². The van der Waals surface area contributed by atoms with Crippen molar-refractivity contribution in [2.45, 2.75) is 38.2 Å². The zero-order chi connectivity index (χ0) is 20.3. The molecule has 1 saturated heterocycles. The van der Waals surface area contributed by atoms with E-state index in [-0.39, 0.29) is 18.5 Å². The standard InChI is InChI=1S/C21H24ClNO4S/c1-15-3-8-20(13-16(15)2)28(25,26)23-11-9-18(10-12-23)21(24)27-14-17-4-6-19(22)7-5-17/h3-8,13,18H,9-12,14H2,1-2H3. The molecule has 0 amide bonds. The lowest BCUT2D eigenvalue weighted by atomic mass is 9.98. The number of hydrogen-bond donors (Lipinski definition) is 0. The van der Waals surface area contributed by atoms with Crippen LogP contribution in [-0.4, -0.2) is 31.8 Å². The lowest BCUT2D eigenvalue weighted by molar-refractivity contribution is -0.151. The fourth-order valence-corrected chi connectivity index (χ4v) is 4.89. The summed E-state index contributed by atoms with van der Waals surface area (Å²) in [6.45, 7) is 4.67. The number of aryl methyl sites for hydroxylation is 2. The van der Waals surface area contributed by atoms with Gasteiger partial charge in [0.15, 0.2) is 0 Å². The average molecular weight is 422 g/mol. The van der Waals surface area contributed by atoms with Gasteiger partial charge in [0.2, 0.25) is 10.0 Å². The first-order valence-electron chi connectivity index (χ1n) is 9.26. The molecule has 7 heteroatoms. The molecule has 1 heterocycles. The van der Waals surface area contributed by atoms with E-state index in [1.54, 1.807) is 24.3 Å². The molecule has 0 N–H and O–H groups in total. The van der Waals surface area contributed by atoms with Gasteiger partial charge in [-0.1, -0.05) is 29.8 Å². The minimum atomic E-state index is -3.54. The van der Waals surface area contributed by atoms with Crippen molar-refractivity contribution in [1.29, 1.82) is 0 Å². The molecule has 0 aromatic heterocycles. The van der Waals surface area contributed by atoms with E-state index in [0.717, 1.165) is 16.7 Å². The molecule has 2 aromatic carbocycles. The van der Waals surface area contributed by atoms with Crippen molar-refractivity contribution in [2.24, 2.45) is 5.92 Å². The molecule has 1 aliphatic heterocycles. The van der Waals surface area contributed by atoms with Gasteiger partial charge in [-0.3, -0.25) is 4.79 Å². The third-order valence-electron chi connectivity index (χ3n) is 5.20. The summed E-state index contributed by atoms with van der Waals surface area (Å²) in [7, 11) is -3.54. The largest absolute Gasteiger partial charge is 0.461 e. The van der Waals surface area contributed by atoms with E-state index >= 15 is 0 Å². The first-order valence-corrected chi connectivity index (χ1v) is 11.1. The zero-order valence-electron chi connectivity index (χ0n) is 16.0. The second-order valence-electron chi connectivity index (χ2n) is 7.16. The first kappa shape index (κ1) is 20.8. The van der Waals surface area contributed by atoms with E-state index in [1.807, 2.05) is 32.0 Å². The SMILES string of the molecule is Cc1ccc(S(=O)(=O)N2CCC(C(=O)OCc3ccc(Cl)cc3)CC2)cc1C. The Balaban J connectivity index is 1.56. The van der Waals surface area contributed by atoms with Crippen molar-refractivity contribution in [3.05, 3.63) is 64.2 Å². The summed E-state index contributed by atoms with van der Waals surface area (Å²) < 4.78 is 32.6. The Kier molecular flexibility index (Phi) is 6.43. The van der Waals surface area contributed by atoms with Crippen LogP contribution in [-0.2, 0) is 26.2 Å². The minimum Gasteiger partial charge on any atom is -0.461 e. The van der Waals surface area contributed by atoms with E-state index in [1.165, 1.54) is 4.31 Å². The Bertz CT molecular complexity index is 949. The smallest absolute Gasteiger partial charge is 0.309 e. The van der Waals surface area contributed by atoms with Crippen LogP contribution in [0.15, 0.2) is 47.4 Å². The van der Waals surface area contributed by atoms with Crippen molar-refractivity contribution >= 4 is 27.6 Å². The summed E-state index contributed by atoms with van der Waals surface area (Å²) in [5.74, 6) is -0.559. The van der Waals surface area contributed by atoms with Gasteiger partial charge in [-0.15, -0.1) is 0 Å². The third-order valence-corrected chi connectivity index (χ3v) is 7.34. The molecule has 0 unspecified atom stereocenters. The Morgan fingerprint density at radius 2 is 1.71 bits per heavy atom. The van der Waals surface area contributed by atoms with Gasteiger partial charge >= 0.3 is 5.97 Å². The summed E-state index contributed by atoms with van der Waals surface area (Å²) in [4.78, 5) is 12.6. The van der Waals surface area contributed by atoms with Gasteiger partial charge < -0.3 is 4.74 Å². The molecule has 0 atom stereocenters. The van der Waals surface area contributed by atoms with Crippen LogP contribution in [0.4, 0.5) is 0 Å². The number of esters is 1. The van der Waals surface area contributed by atoms with E-state index in [9.17, 15) is 13.2 Å². The number of carbonyl (C=O) groups is 1. The Hall–Kier alpha value is -1.89. The summed E-state index contributed by atoms with van der Waals surface area (Å²) in [5, 5.41) is 0.632. The van der Waals surface area contributed by atoms with Crippen molar-refractivity contribution in [2.75, 3.05) is 13.1 Å². The van der Waals surface area contributed by atoms with Gasteiger partial charge in [0.25, 0.3) is 0 Å². The molecule has 0 saturated carbocycles. The van der Waals surface area contributed by atoms with Crippen LogP contribution < -0.4 is 0 Å². The number of halogens is 1. The number of nitrogens with zero attached hydrogens (tertiary/aromatic N) is 1. The first-order chi connectivity index (χ1) is 13.3. The number of ether oxygens (including phenoxy) is 1. The number of hydrogen-bond acceptors (Lipinski definition) is 4.